The van der Waals surface area contributed by atoms with Gasteiger partial charge in [0.1, 0.15) is 6.61 Å². The van der Waals surface area contributed by atoms with E-state index in [4.69, 9.17) is 15.2 Å². The van der Waals surface area contributed by atoms with Crippen molar-refractivity contribution < 1.29 is 9.47 Å². The molecule has 0 aliphatic rings. The molecule has 0 radical (unpaired) electrons. The zero-order valence-electron chi connectivity index (χ0n) is 10.6. The molecule has 17 heavy (non-hydrogen) atoms. The molecule has 0 unspecified atom stereocenters. The summed E-state index contributed by atoms with van der Waals surface area (Å²) < 4.78 is 10.8. The first-order valence-corrected chi connectivity index (χ1v) is 6.01. The lowest BCUT2D eigenvalue weighted by Gasteiger charge is -2.07. The molecule has 1 aromatic rings. The highest BCUT2D eigenvalue weighted by Crippen LogP contribution is 2.06. The largest absolute Gasteiger partial charge is 0.461 e. The molecular formula is C12H21N3O2. The number of hydrogen-bond acceptors (Lipinski definition) is 5. The smallest absolute Gasteiger partial charge is 0.316 e. The summed E-state index contributed by atoms with van der Waals surface area (Å²) in [7, 11) is 0. The third-order valence-electron chi connectivity index (χ3n) is 2.20. The van der Waals surface area contributed by atoms with Gasteiger partial charge in [-0.1, -0.05) is 13.3 Å². The van der Waals surface area contributed by atoms with Crippen LogP contribution >= 0.6 is 0 Å². The van der Waals surface area contributed by atoms with Gasteiger partial charge in [-0.2, -0.15) is 4.98 Å². The zero-order valence-corrected chi connectivity index (χ0v) is 10.6. The highest BCUT2D eigenvalue weighted by atomic mass is 16.5. The standard InChI is InChI=1S/C12H21N3O2/c1-3-4-5-16-6-7-17-12-14-10(2)8-11(9-13)15-12/h8H,3-7,9,13H2,1-2H3. The Balaban J connectivity index is 2.28. The second kappa shape index (κ2) is 7.97. The first kappa shape index (κ1) is 13.9. The molecule has 0 spiro atoms. The normalized spacial score (nSPS) is 10.5. The van der Waals surface area contributed by atoms with Crippen LogP contribution in [0.25, 0.3) is 0 Å². The van der Waals surface area contributed by atoms with E-state index in [-0.39, 0.29) is 0 Å². The quantitative estimate of drug-likeness (QED) is 0.695. The molecule has 0 aromatic carbocycles. The molecule has 1 rings (SSSR count). The van der Waals surface area contributed by atoms with Crippen molar-refractivity contribution in [3.63, 3.8) is 0 Å². The van der Waals surface area contributed by atoms with Crippen molar-refractivity contribution in [2.75, 3.05) is 19.8 Å². The number of aromatic nitrogens is 2. The minimum absolute atomic E-state index is 0.379. The Morgan fingerprint density at radius 2 is 2.06 bits per heavy atom. The van der Waals surface area contributed by atoms with E-state index in [1.807, 2.05) is 13.0 Å². The van der Waals surface area contributed by atoms with E-state index >= 15 is 0 Å². The van der Waals surface area contributed by atoms with Gasteiger partial charge >= 0.3 is 6.01 Å². The van der Waals surface area contributed by atoms with Gasteiger partial charge in [-0.3, -0.25) is 0 Å². The van der Waals surface area contributed by atoms with Crippen molar-refractivity contribution in [3.8, 4) is 6.01 Å². The Morgan fingerprint density at radius 1 is 1.24 bits per heavy atom. The van der Waals surface area contributed by atoms with E-state index < -0.39 is 0 Å². The highest BCUT2D eigenvalue weighted by Gasteiger charge is 2.01. The number of ether oxygens (including phenoxy) is 2. The number of aryl methyl sites for hydroxylation is 1. The molecule has 0 saturated carbocycles. The predicted molar refractivity (Wildman–Crippen MR) is 65.9 cm³/mol. The molecule has 0 aliphatic heterocycles. The van der Waals surface area contributed by atoms with Gasteiger partial charge in [-0.05, 0) is 19.4 Å². The maximum Gasteiger partial charge on any atom is 0.316 e. The van der Waals surface area contributed by atoms with E-state index in [1.165, 1.54) is 0 Å². The van der Waals surface area contributed by atoms with Crippen LogP contribution in [0.1, 0.15) is 31.2 Å². The number of nitrogens with zero attached hydrogens (tertiary/aromatic N) is 2. The minimum Gasteiger partial charge on any atom is -0.461 e. The zero-order chi connectivity index (χ0) is 12.5. The Morgan fingerprint density at radius 3 is 2.76 bits per heavy atom. The molecule has 1 heterocycles. The number of rotatable bonds is 8. The molecule has 0 bridgehead atoms. The van der Waals surface area contributed by atoms with E-state index in [1.54, 1.807) is 0 Å². The van der Waals surface area contributed by atoms with Crippen molar-refractivity contribution >= 4 is 0 Å². The van der Waals surface area contributed by atoms with E-state index in [0.29, 0.717) is 25.8 Å². The van der Waals surface area contributed by atoms with Crippen molar-refractivity contribution in [1.82, 2.24) is 9.97 Å². The molecule has 5 heteroatoms. The number of unbranched alkanes of at least 4 members (excludes halogenated alkanes) is 1. The van der Waals surface area contributed by atoms with Crippen LogP contribution in [-0.4, -0.2) is 29.8 Å². The van der Waals surface area contributed by atoms with Gasteiger partial charge in [-0.25, -0.2) is 4.98 Å². The second-order valence-electron chi connectivity index (χ2n) is 3.80. The average Bonchev–Trinajstić information content (AvgIpc) is 2.33. The summed E-state index contributed by atoms with van der Waals surface area (Å²) in [4.78, 5) is 8.34. The summed E-state index contributed by atoms with van der Waals surface area (Å²) in [6.07, 6.45) is 2.22. The van der Waals surface area contributed by atoms with E-state index in [9.17, 15) is 0 Å². The molecule has 0 aliphatic carbocycles. The van der Waals surface area contributed by atoms with Crippen molar-refractivity contribution in [1.29, 1.82) is 0 Å². The SMILES string of the molecule is CCCCOCCOc1nc(C)cc(CN)n1. The molecule has 2 N–H and O–H groups in total. The lowest BCUT2D eigenvalue weighted by atomic mass is 10.3. The fraction of sp³-hybridized carbons (Fsp3) is 0.667. The van der Waals surface area contributed by atoms with Crippen LogP contribution in [0.15, 0.2) is 6.07 Å². The Bertz CT molecular complexity index is 332. The van der Waals surface area contributed by atoms with Gasteiger partial charge in [0.05, 0.1) is 12.3 Å². The molecule has 0 amide bonds. The summed E-state index contributed by atoms with van der Waals surface area (Å²) in [6.45, 7) is 6.24. The van der Waals surface area contributed by atoms with Crippen LogP contribution in [0.3, 0.4) is 0 Å². The molecule has 0 saturated heterocycles. The van der Waals surface area contributed by atoms with Gasteiger partial charge in [0.2, 0.25) is 0 Å². The van der Waals surface area contributed by atoms with Gasteiger partial charge in [0.15, 0.2) is 0 Å². The third-order valence-corrected chi connectivity index (χ3v) is 2.20. The van der Waals surface area contributed by atoms with Crippen LogP contribution in [0.2, 0.25) is 0 Å². The number of nitrogens with two attached hydrogens (primary N) is 1. The van der Waals surface area contributed by atoms with Crippen LogP contribution in [0.5, 0.6) is 6.01 Å². The monoisotopic (exact) mass is 239 g/mol. The van der Waals surface area contributed by atoms with Crippen molar-refractivity contribution in [3.05, 3.63) is 17.5 Å². The lowest BCUT2D eigenvalue weighted by molar-refractivity contribution is 0.0946. The Labute approximate surface area is 102 Å². The van der Waals surface area contributed by atoms with Crippen molar-refractivity contribution in [2.45, 2.75) is 33.2 Å². The lowest BCUT2D eigenvalue weighted by Crippen LogP contribution is -2.11. The van der Waals surface area contributed by atoms with E-state index in [0.717, 1.165) is 30.8 Å². The van der Waals surface area contributed by atoms with Crippen LogP contribution in [-0.2, 0) is 11.3 Å². The first-order valence-electron chi connectivity index (χ1n) is 6.01. The highest BCUT2D eigenvalue weighted by molar-refractivity contribution is 5.12. The Hall–Kier alpha value is -1.20. The number of hydrogen-bond donors (Lipinski definition) is 1. The molecular weight excluding hydrogens is 218 g/mol. The molecule has 0 atom stereocenters. The summed E-state index contributed by atoms with van der Waals surface area (Å²) in [6, 6.07) is 2.23. The summed E-state index contributed by atoms with van der Waals surface area (Å²) in [5.41, 5.74) is 7.18. The molecule has 0 fully saturated rings. The summed E-state index contributed by atoms with van der Waals surface area (Å²) in [5.74, 6) is 0. The van der Waals surface area contributed by atoms with Crippen molar-refractivity contribution in [2.24, 2.45) is 5.73 Å². The van der Waals surface area contributed by atoms with Crippen LogP contribution in [0.4, 0.5) is 0 Å². The van der Waals surface area contributed by atoms with E-state index in [2.05, 4.69) is 16.9 Å². The topological polar surface area (TPSA) is 70.3 Å². The molecule has 5 nitrogen and oxygen atoms in total. The molecule has 1 aromatic heterocycles. The van der Waals surface area contributed by atoms with Gasteiger partial charge in [-0.15, -0.1) is 0 Å². The fourth-order valence-electron chi connectivity index (χ4n) is 1.31. The predicted octanol–water partition coefficient (Wildman–Crippen LogP) is 1.44. The van der Waals surface area contributed by atoms with Crippen LogP contribution < -0.4 is 10.5 Å². The maximum absolute atomic E-state index is 5.53. The first-order chi connectivity index (χ1) is 8.26. The van der Waals surface area contributed by atoms with Gasteiger partial charge < -0.3 is 15.2 Å². The molecule has 96 valence electrons. The second-order valence-corrected chi connectivity index (χ2v) is 3.80. The maximum atomic E-state index is 5.53. The summed E-state index contributed by atoms with van der Waals surface area (Å²) >= 11 is 0. The van der Waals surface area contributed by atoms with Gasteiger partial charge in [0, 0.05) is 18.8 Å². The fourth-order valence-corrected chi connectivity index (χ4v) is 1.31. The minimum atomic E-state index is 0.379. The summed E-state index contributed by atoms with van der Waals surface area (Å²) in [5, 5.41) is 0. The third kappa shape index (κ3) is 5.60. The Kier molecular flexibility index (Phi) is 6.50. The van der Waals surface area contributed by atoms with Crippen LogP contribution in [0, 0.1) is 6.92 Å². The average molecular weight is 239 g/mol. The van der Waals surface area contributed by atoms with Gasteiger partial charge in [0.25, 0.3) is 0 Å².